The molecule has 2 aromatic rings. The predicted molar refractivity (Wildman–Crippen MR) is 103 cm³/mol. The van der Waals surface area contributed by atoms with Crippen molar-refractivity contribution >= 4 is 0 Å². The fraction of sp³-hybridized carbons (Fsp3) is 0.409. The second kappa shape index (κ2) is 9.32. The number of aliphatic hydroxyl groups is 4. The zero-order chi connectivity index (χ0) is 24.6. The molecule has 0 amide bonds. The molecule has 4 N–H and O–H groups in total. The van der Waals surface area contributed by atoms with Gasteiger partial charge in [0.15, 0.2) is 0 Å². The second-order valence-corrected chi connectivity index (χ2v) is 7.72. The molecule has 33 heavy (non-hydrogen) atoms. The number of rotatable bonds is 5. The quantitative estimate of drug-likeness (QED) is 0.496. The molecular formula is C22H20F5NO5. The molecule has 0 spiro atoms. The number of hydrogen-bond donors (Lipinski definition) is 4. The average molecular weight is 473 g/mol. The number of halogens is 5. The predicted octanol–water partition coefficient (Wildman–Crippen LogP) is 2.32. The van der Waals surface area contributed by atoms with E-state index >= 15 is 0 Å². The highest BCUT2D eigenvalue weighted by Crippen LogP contribution is 2.43. The Morgan fingerprint density at radius 1 is 0.909 bits per heavy atom. The molecule has 3 rings (SSSR count). The van der Waals surface area contributed by atoms with Crippen LogP contribution in [-0.4, -0.2) is 57.6 Å². The molecule has 0 aliphatic carbocycles. The maximum atomic E-state index is 13.5. The molecule has 0 bridgehead atoms. The largest absolute Gasteiger partial charge is 0.458 e. The maximum Gasteiger partial charge on any atom is 0.458 e. The number of aliphatic hydroxyl groups excluding tert-OH is 4. The normalized spacial score (nSPS) is 26.1. The lowest BCUT2D eigenvalue weighted by Gasteiger charge is -2.40. The summed E-state index contributed by atoms with van der Waals surface area (Å²) in [5.41, 5.74) is -0.00930. The van der Waals surface area contributed by atoms with Gasteiger partial charge in [0, 0.05) is 5.56 Å². The first-order chi connectivity index (χ1) is 15.4. The van der Waals surface area contributed by atoms with E-state index < -0.39 is 54.8 Å². The Bertz CT molecular complexity index is 1020. The van der Waals surface area contributed by atoms with Gasteiger partial charge in [0.25, 0.3) is 0 Å². The van der Waals surface area contributed by atoms with E-state index in [4.69, 9.17) is 4.74 Å². The summed E-state index contributed by atoms with van der Waals surface area (Å²) in [5.74, 6) is -5.01. The van der Waals surface area contributed by atoms with E-state index in [1.54, 1.807) is 0 Å². The summed E-state index contributed by atoms with van der Waals surface area (Å²) in [6, 6.07) is 9.77. The van der Waals surface area contributed by atoms with Crippen LogP contribution in [0.4, 0.5) is 22.0 Å². The van der Waals surface area contributed by atoms with Gasteiger partial charge in [-0.15, -0.1) is 0 Å². The van der Waals surface area contributed by atoms with Gasteiger partial charge in [-0.25, -0.2) is 0 Å². The van der Waals surface area contributed by atoms with Gasteiger partial charge in [-0.05, 0) is 29.2 Å². The highest BCUT2D eigenvalue weighted by atomic mass is 19.4. The van der Waals surface area contributed by atoms with Crippen molar-refractivity contribution in [1.29, 1.82) is 5.26 Å². The topological polar surface area (TPSA) is 114 Å². The molecule has 0 radical (unpaired) electrons. The molecule has 1 saturated heterocycles. The molecule has 5 atom stereocenters. The summed E-state index contributed by atoms with van der Waals surface area (Å²) in [5, 5.41) is 49.0. The fourth-order valence-corrected chi connectivity index (χ4v) is 3.64. The minimum Gasteiger partial charge on any atom is -0.394 e. The van der Waals surface area contributed by atoms with Crippen molar-refractivity contribution < 1.29 is 47.1 Å². The van der Waals surface area contributed by atoms with Crippen LogP contribution in [0.3, 0.4) is 0 Å². The molecule has 0 saturated carbocycles. The number of benzene rings is 2. The Balaban J connectivity index is 1.89. The number of nitriles is 1. The van der Waals surface area contributed by atoms with Gasteiger partial charge >= 0.3 is 12.1 Å². The van der Waals surface area contributed by atoms with Crippen LogP contribution in [0.1, 0.15) is 33.9 Å². The van der Waals surface area contributed by atoms with Crippen molar-refractivity contribution in [3.05, 3.63) is 70.3 Å². The van der Waals surface area contributed by atoms with Crippen LogP contribution < -0.4 is 0 Å². The number of ether oxygens (including phenoxy) is 1. The average Bonchev–Trinajstić information content (AvgIpc) is 2.77. The fourth-order valence-electron chi connectivity index (χ4n) is 3.64. The minimum atomic E-state index is -5.73. The summed E-state index contributed by atoms with van der Waals surface area (Å²) in [6.45, 7) is -0.626. The zero-order valence-corrected chi connectivity index (χ0v) is 16.9. The van der Waals surface area contributed by atoms with Gasteiger partial charge in [0.2, 0.25) is 0 Å². The third-order valence-corrected chi connectivity index (χ3v) is 5.54. The highest BCUT2D eigenvalue weighted by molar-refractivity contribution is 5.44. The van der Waals surface area contributed by atoms with Crippen molar-refractivity contribution in [3.63, 3.8) is 0 Å². The number of nitrogens with zero attached hydrogens (tertiary/aromatic N) is 1. The number of hydrogen-bond acceptors (Lipinski definition) is 6. The first-order valence-electron chi connectivity index (χ1n) is 9.78. The molecule has 178 valence electrons. The van der Waals surface area contributed by atoms with E-state index in [1.165, 1.54) is 18.2 Å². The monoisotopic (exact) mass is 473 g/mol. The standard InChI is InChI=1S/C22H20F5NO5/c23-21(24,22(25,26)27)15-5-1-11(2-6-15)7-14-8-12(3-4-13(14)9-28)20-19(32)18(31)17(30)16(10-29)33-20/h1-6,8,16-20,29-32H,7,10H2/t16-,17-,18+,19-,20+/m1/s1. The Morgan fingerprint density at radius 2 is 1.55 bits per heavy atom. The Morgan fingerprint density at radius 3 is 2.09 bits per heavy atom. The molecule has 1 aliphatic heterocycles. The van der Waals surface area contributed by atoms with Crippen molar-refractivity contribution in [2.75, 3.05) is 6.61 Å². The van der Waals surface area contributed by atoms with Crippen molar-refractivity contribution in [2.45, 2.75) is 49.0 Å². The minimum absolute atomic E-state index is 0.00791. The lowest BCUT2D eigenvalue weighted by molar-refractivity contribution is -0.289. The van der Waals surface area contributed by atoms with Crippen molar-refractivity contribution in [2.24, 2.45) is 0 Å². The van der Waals surface area contributed by atoms with E-state index in [9.17, 15) is 47.6 Å². The molecule has 11 heteroatoms. The van der Waals surface area contributed by atoms with Crippen LogP contribution in [0, 0.1) is 11.3 Å². The second-order valence-electron chi connectivity index (χ2n) is 7.72. The SMILES string of the molecule is N#Cc1ccc([C@@H]2O[C@H](CO)[C@@H](O)[C@H](O)[C@H]2O)cc1Cc1ccc(C(F)(F)C(F)(F)F)cc1. The molecule has 1 aliphatic rings. The molecule has 1 heterocycles. The van der Waals surface area contributed by atoms with Gasteiger partial charge in [0.05, 0.1) is 18.2 Å². The summed E-state index contributed by atoms with van der Waals surface area (Å²) in [7, 11) is 0. The summed E-state index contributed by atoms with van der Waals surface area (Å²) in [4.78, 5) is 0. The Hall–Kier alpha value is -2.62. The van der Waals surface area contributed by atoms with Crippen LogP contribution in [0.25, 0.3) is 0 Å². The van der Waals surface area contributed by atoms with E-state index in [0.717, 1.165) is 12.1 Å². The van der Waals surface area contributed by atoms with Crippen LogP contribution in [0.5, 0.6) is 0 Å². The lowest BCUT2D eigenvalue weighted by Crippen LogP contribution is -2.55. The van der Waals surface area contributed by atoms with Gasteiger partial charge in [-0.2, -0.15) is 27.2 Å². The van der Waals surface area contributed by atoms with Gasteiger partial charge in [-0.1, -0.05) is 36.4 Å². The van der Waals surface area contributed by atoms with E-state index in [-0.39, 0.29) is 12.0 Å². The van der Waals surface area contributed by atoms with E-state index in [1.807, 2.05) is 6.07 Å². The van der Waals surface area contributed by atoms with E-state index in [2.05, 4.69) is 0 Å². The molecule has 0 aromatic heterocycles. The third kappa shape index (κ3) is 4.85. The molecule has 2 aromatic carbocycles. The number of alkyl halides is 5. The summed E-state index contributed by atoms with van der Waals surface area (Å²) in [6.07, 6.45) is -12.7. The molecular weight excluding hydrogens is 453 g/mol. The molecule has 0 unspecified atom stereocenters. The first kappa shape index (κ1) is 25.0. The van der Waals surface area contributed by atoms with E-state index in [0.29, 0.717) is 28.8 Å². The van der Waals surface area contributed by atoms with Gasteiger partial charge in [0.1, 0.15) is 30.5 Å². The highest BCUT2D eigenvalue weighted by Gasteiger charge is 2.58. The molecule has 1 fully saturated rings. The van der Waals surface area contributed by atoms with Crippen molar-refractivity contribution in [1.82, 2.24) is 0 Å². The zero-order valence-electron chi connectivity index (χ0n) is 16.9. The van der Waals surface area contributed by atoms with Crippen molar-refractivity contribution in [3.8, 4) is 6.07 Å². The first-order valence-corrected chi connectivity index (χ1v) is 9.78. The van der Waals surface area contributed by atoms with Crippen LogP contribution in [0.15, 0.2) is 42.5 Å². The summed E-state index contributed by atoms with van der Waals surface area (Å²) >= 11 is 0. The lowest BCUT2D eigenvalue weighted by atomic mass is 9.89. The van der Waals surface area contributed by atoms with Gasteiger partial charge < -0.3 is 25.2 Å². The Labute approximate surface area is 185 Å². The smallest absolute Gasteiger partial charge is 0.394 e. The van der Waals surface area contributed by atoms with Crippen LogP contribution in [0.2, 0.25) is 0 Å². The Kier molecular flexibility index (Phi) is 7.07. The third-order valence-electron chi connectivity index (χ3n) is 5.54. The summed E-state index contributed by atoms with van der Waals surface area (Å²) < 4.78 is 70.2. The maximum absolute atomic E-state index is 13.5. The van der Waals surface area contributed by atoms with Crippen LogP contribution >= 0.6 is 0 Å². The molecule has 6 nitrogen and oxygen atoms in total. The van der Waals surface area contributed by atoms with Crippen LogP contribution in [-0.2, 0) is 17.1 Å². The van der Waals surface area contributed by atoms with Gasteiger partial charge in [-0.3, -0.25) is 0 Å².